The van der Waals surface area contributed by atoms with E-state index in [-0.39, 0.29) is 18.0 Å². The van der Waals surface area contributed by atoms with Crippen LogP contribution in [0.15, 0.2) is 23.0 Å². The molecule has 1 saturated carbocycles. The molecule has 6 heteroatoms. The second-order valence-corrected chi connectivity index (χ2v) is 9.02. The van der Waals surface area contributed by atoms with Gasteiger partial charge in [-0.2, -0.15) is 0 Å². The number of carbonyl (C=O) groups excluding carboxylic acids is 1. The van der Waals surface area contributed by atoms with Gasteiger partial charge in [0.1, 0.15) is 0 Å². The third-order valence-corrected chi connectivity index (χ3v) is 6.49. The van der Waals surface area contributed by atoms with E-state index in [1.165, 1.54) is 32.1 Å². The molecule has 1 fully saturated rings. The second-order valence-electron chi connectivity index (χ2n) is 8.58. The molecule has 1 aliphatic rings. The van der Waals surface area contributed by atoms with Gasteiger partial charge in [0.05, 0.1) is 0 Å². The highest BCUT2D eigenvalue weighted by atomic mass is 35.5. The number of aryl methyl sites for hydroxylation is 2. The Kier molecular flexibility index (Phi) is 7.24. The van der Waals surface area contributed by atoms with Crippen molar-refractivity contribution in [2.45, 2.75) is 72.4 Å². The van der Waals surface area contributed by atoms with E-state index in [1.807, 2.05) is 32.9 Å². The van der Waals surface area contributed by atoms with Crippen molar-refractivity contribution in [1.82, 2.24) is 10.3 Å². The number of amides is 1. The molecule has 1 aliphatic carbocycles. The highest BCUT2D eigenvalue weighted by molar-refractivity contribution is 6.31. The summed E-state index contributed by atoms with van der Waals surface area (Å²) < 4.78 is 0. The molecule has 30 heavy (non-hydrogen) atoms. The minimum Gasteiger partial charge on any atom is -0.382 e. The average molecular weight is 430 g/mol. The Morgan fingerprint density at radius 2 is 1.87 bits per heavy atom. The third-order valence-electron chi connectivity index (χ3n) is 6.28. The van der Waals surface area contributed by atoms with Gasteiger partial charge in [0.15, 0.2) is 0 Å². The van der Waals surface area contributed by atoms with Crippen LogP contribution in [-0.4, -0.2) is 16.9 Å². The first-order valence-electron chi connectivity index (χ1n) is 10.8. The van der Waals surface area contributed by atoms with E-state index in [2.05, 4.69) is 22.5 Å². The number of nitrogens with one attached hydrogen (secondary N) is 3. The molecule has 0 spiro atoms. The Morgan fingerprint density at radius 1 is 1.17 bits per heavy atom. The lowest BCUT2D eigenvalue weighted by atomic mass is 9.84. The average Bonchev–Trinajstić information content (AvgIpc) is 2.70. The molecule has 2 aromatic rings. The fourth-order valence-electron chi connectivity index (χ4n) is 4.43. The van der Waals surface area contributed by atoms with E-state index >= 15 is 0 Å². The molecule has 1 amide bonds. The molecular formula is C24H32ClN3O2. The first-order chi connectivity index (χ1) is 14.3. The number of anilines is 1. The van der Waals surface area contributed by atoms with Crippen molar-refractivity contribution in [2.75, 3.05) is 5.32 Å². The topological polar surface area (TPSA) is 74.0 Å². The predicted molar refractivity (Wildman–Crippen MR) is 124 cm³/mol. The third kappa shape index (κ3) is 5.25. The quantitative estimate of drug-likeness (QED) is 0.586. The SMILES string of the molecule is Cc1cc(C)c(CNC(=O)c2cc(Cl)cc(NC(C)C3CCCCC3)c2C)c(=O)[nH]1. The Labute approximate surface area is 183 Å². The van der Waals surface area contributed by atoms with Gasteiger partial charge in [0.2, 0.25) is 0 Å². The molecule has 1 aromatic heterocycles. The summed E-state index contributed by atoms with van der Waals surface area (Å²) in [5, 5.41) is 7.00. The fourth-order valence-corrected chi connectivity index (χ4v) is 4.65. The van der Waals surface area contributed by atoms with Crippen LogP contribution >= 0.6 is 11.6 Å². The van der Waals surface area contributed by atoms with Gasteiger partial charge >= 0.3 is 0 Å². The van der Waals surface area contributed by atoms with Crippen LogP contribution in [-0.2, 0) is 6.54 Å². The van der Waals surface area contributed by atoms with Crippen molar-refractivity contribution in [3.63, 3.8) is 0 Å². The van der Waals surface area contributed by atoms with Gasteiger partial charge in [-0.1, -0.05) is 30.9 Å². The fraction of sp³-hybridized carbons (Fsp3) is 0.500. The van der Waals surface area contributed by atoms with Gasteiger partial charge < -0.3 is 15.6 Å². The number of carbonyl (C=O) groups is 1. The molecular weight excluding hydrogens is 398 g/mol. The van der Waals surface area contributed by atoms with Crippen molar-refractivity contribution in [3.05, 3.63) is 61.5 Å². The minimum absolute atomic E-state index is 0.167. The van der Waals surface area contributed by atoms with E-state index < -0.39 is 0 Å². The Bertz CT molecular complexity index is 977. The number of hydrogen-bond donors (Lipinski definition) is 3. The summed E-state index contributed by atoms with van der Waals surface area (Å²) in [4.78, 5) is 27.9. The van der Waals surface area contributed by atoms with Crippen molar-refractivity contribution >= 4 is 23.2 Å². The van der Waals surface area contributed by atoms with Gasteiger partial charge in [-0.05, 0) is 75.8 Å². The summed E-state index contributed by atoms with van der Waals surface area (Å²) in [7, 11) is 0. The zero-order valence-corrected chi connectivity index (χ0v) is 19.1. The van der Waals surface area contributed by atoms with E-state index in [4.69, 9.17) is 11.6 Å². The van der Waals surface area contributed by atoms with Crippen LogP contribution in [0.1, 0.15) is 71.8 Å². The van der Waals surface area contributed by atoms with Crippen LogP contribution in [0.3, 0.4) is 0 Å². The van der Waals surface area contributed by atoms with Gasteiger partial charge in [0.25, 0.3) is 11.5 Å². The lowest BCUT2D eigenvalue weighted by molar-refractivity contribution is 0.0950. The van der Waals surface area contributed by atoms with Crippen molar-refractivity contribution in [3.8, 4) is 0 Å². The molecule has 0 bridgehead atoms. The maximum atomic E-state index is 12.9. The normalized spacial score (nSPS) is 15.6. The number of aromatic amines is 1. The van der Waals surface area contributed by atoms with E-state index in [0.717, 1.165) is 22.5 Å². The maximum Gasteiger partial charge on any atom is 0.253 e. The lowest BCUT2D eigenvalue weighted by Gasteiger charge is -2.30. The maximum absolute atomic E-state index is 12.9. The smallest absolute Gasteiger partial charge is 0.253 e. The molecule has 1 unspecified atom stereocenters. The number of rotatable bonds is 6. The first-order valence-corrected chi connectivity index (χ1v) is 11.2. The summed E-state index contributed by atoms with van der Waals surface area (Å²) >= 11 is 6.35. The van der Waals surface area contributed by atoms with Gasteiger partial charge in [-0.25, -0.2) is 0 Å². The van der Waals surface area contributed by atoms with Gasteiger partial charge in [0, 0.05) is 40.1 Å². The monoisotopic (exact) mass is 429 g/mol. The van der Waals surface area contributed by atoms with Crippen LogP contribution in [0.5, 0.6) is 0 Å². The number of H-pyrrole nitrogens is 1. The molecule has 0 radical (unpaired) electrons. The second kappa shape index (κ2) is 9.69. The molecule has 0 aliphatic heterocycles. The minimum atomic E-state index is -0.234. The largest absolute Gasteiger partial charge is 0.382 e. The Balaban J connectivity index is 1.75. The summed E-state index contributed by atoms with van der Waals surface area (Å²) in [6.07, 6.45) is 6.39. The molecule has 5 nitrogen and oxygen atoms in total. The standard InChI is InChI=1S/C24H32ClN3O2/c1-14-10-15(2)27-24(30)21(14)13-26-23(29)20-11-19(25)12-22(16(20)3)28-17(4)18-8-6-5-7-9-18/h10-12,17-18,28H,5-9,13H2,1-4H3,(H,26,29)(H,27,30). The van der Waals surface area contributed by atoms with E-state index in [9.17, 15) is 9.59 Å². The Morgan fingerprint density at radius 3 is 2.53 bits per heavy atom. The van der Waals surface area contributed by atoms with Gasteiger partial charge in [-0.15, -0.1) is 0 Å². The molecule has 1 atom stereocenters. The lowest BCUT2D eigenvalue weighted by Crippen LogP contribution is -2.30. The van der Waals surface area contributed by atoms with Crippen LogP contribution in [0.2, 0.25) is 5.02 Å². The summed E-state index contributed by atoms with van der Waals surface area (Å²) in [5.41, 5.74) is 4.37. The van der Waals surface area contributed by atoms with Crippen LogP contribution in [0, 0.1) is 26.7 Å². The predicted octanol–water partition coefficient (Wildman–Crippen LogP) is 5.26. The number of benzene rings is 1. The van der Waals surface area contributed by atoms with E-state index in [0.29, 0.717) is 28.1 Å². The van der Waals surface area contributed by atoms with Crippen LogP contribution < -0.4 is 16.2 Å². The molecule has 162 valence electrons. The first kappa shape index (κ1) is 22.4. The van der Waals surface area contributed by atoms with Crippen molar-refractivity contribution < 1.29 is 4.79 Å². The molecule has 1 heterocycles. The van der Waals surface area contributed by atoms with Crippen molar-refractivity contribution in [2.24, 2.45) is 5.92 Å². The zero-order valence-electron chi connectivity index (χ0n) is 18.3. The van der Waals surface area contributed by atoms with E-state index in [1.54, 1.807) is 6.07 Å². The Hall–Kier alpha value is -2.27. The van der Waals surface area contributed by atoms with Crippen LogP contribution in [0.25, 0.3) is 0 Å². The number of aromatic nitrogens is 1. The highest BCUT2D eigenvalue weighted by Gasteiger charge is 2.22. The summed E-state index contributed by atoms with van der Waals surface area (Å²) in [6.45, 7) is 8.04. The number of halogens is 1. The molecule has 1 aromatic carbocycles. The number of pyridine rings is 1. The molecule has 0 saturated heterocycles. The van der Waals surface area contributed by atoms with Crippen LogP contribution in [0.4, 0.5) is 5.69 Å². The zero-order chi connectivity index (χ0) is 21.8. The summed E-state index contributed by atoms with van der Waals surface area (Å²) in [5.74, 6) is 0.411. The van der Waals surface area contributed by atoms with Crippen molar-refractivity contribution in [1.29, 1.82) is 0 Å². The molecule has 3 rings (SSSR count). The summed E-state index contributed by atoms with van der Waals surface area (Å²) in [6, 6.07) is 5.81. The highest BCUT2D eigenvalue weighted by Crippen LogP contribution is 2.31. The molecule has 3 N–H and O–H groups in total. The van der Waals surface area contributed by atoms with Gasteiger partial charge in [-0.3, -0.25) is 9.59 Å². The number of hydrogen-bond acceptors (Lipinski definition) is 3.